The van der Waals surface area contributed by atoms with E-state index in [0.29, 0.717) is 32.8 Å². The number of anilines is 1. The summed E-state index contributed by atoms with van der Waals surface area (Å²) in [7, 11) is 0. The molecule has 4 aliphatic rings. The van der Waals surface area contributed by atoms with Crippen molar-refractivity contribution in [1.29, 1.82) is 0 Å². The van der Waals surface area contributed by atoms with Gasteiger partial charge in [-0.3, -0.25) is 14.4 Å². The van der Waals surface area contributed by atoms with Gasteiger partial charge in [0.15, 0.2) is 6.10 Å². The summed E-state index contributed by atoms with van der Waals surface area (Å²) in [5.74, 6) is -4.14. The highest BCUT2D eigenvalue weighted by molar-refractivity contribution is 6.38. The summed E-state index contributed by atoms with van der Waals surface area (Å²) < 4.78 is 5.46. The minimum atomic E-state index is -1.32. The topological polar surface area (TPSA) is 80.8 Å². The van der Waals surface area contributed by atoms with Gasteiger partial charge in [-0.05, 0) is 71.6 Å². The van der Waals surface area contributed by atoms with E-state index in [-0.39, 0.29) is 11.3 Å². The largest absolute Gasteiger partial charge is 0.451 e. The van der Waals surface area contributed by atoms with Gasteiger partial charge in [-0.15, -0.1) is 23.2 Å². The van der Waals surface area contributed by atoms with Crippen molar-refractivity contribution in [2.24, 2.45) is 11.8 Å². The fourth-order valence-corrected chi connectivity index (χ4v) is 8.05. The average Bonchev–Trinajstić information content (AvgIpc) is 3.30. The highest BCUT2D eigenvalue weighted by Gasteiger charge is 2.73. The molecule has 0 aromatic heterocycles. The first-order valence-corrected chi connectivity index (χ1v) is 14.8. The Kier molecular flexibility index (Phi) is 6.33. The molecule has 43 heavy (non-hydrogen) atoms. The Bertz CT molecular complexity index is 1750. The average molecular weight is 631 g/mol. The standard InChI is InChI=1S/C34H22Cl3NO5/c1-18(29(39)19-13-15-21(35)16-14-19)43-32(42)20-7-6-8-22(17-20)38-30(40)27-28(31(38)41)34(37)24-10-3-2-9-23(24)33(27,36)25-11-4-5-12-26(25)34/h2-18,27-28H,1H3/t18-,27-,28-,33?,34?/m0/s1. The van der Waals surface area contributed by atoms with Crippen LogP contribution in [-0.4, -0.2) is 29.7 Å². The van der Waals surface area contributed by atoms with Crippen molar-refractivity contribution in [3.63, 3.8) is 0 Å². The molecule has 8 rings (SSSR count). The van der Waals surface area contributed by atoms with E-state index in [1.54, 1.807) is 36.4 Å². The summed E-state index contributed by atoms with van der Waals surface area (Å²) >= 11 is 20.9. The SMILES string of the molecule is C[C@H](OC(=O)c1cccc(N2C(=O)[C@@H]3[C@@H](C2=O)C2(Cl)c4ccccc4C3(Cl)c3ccccc32)c1)C(=O)c1ccc(Cl)cc1. The Morgan fingerprint density at radius 1 is 0.721 bits per heavy atom. The lowest BCUT2D eigenvalue weighted by Gasteiger charge is -2.54. The Morgan fingerprint density at radius 2 is 1.21 bits per heavy atom. The maximum atomic E-state index is 14.2. The van der Waals surface area contributed by atoms with Crippen molar-refractivity contribution in [2.75, 3.05) is 4.90 Å². The molecule has 1 saturated heterocycles. The number of esters is 1. The molecule has 1 aliphatic heterocycles. The van der Waals surface area contributed by atoms with Gasteiger partial charge in [-0.25, -0.2) is 9.69 Å². The first-order valence-electron chi connectivity index (χ1n) is 13.6. The van der Waals surface area contributed by atoms with Gasteiger partial charge in [0.2, 0.25) is 17.6 Å². The number of ketones is 1. The first-order chi connectivity index (χ1) is 20.6. The number of imide groups is 1. The van der Waals surface area contributed by atoms with Gasteiger partial charge in [0.05, 0.1) is 23.1 Å². The maximum absolute atomic E-state index is 14.2. The third-order valence-corrected chi connectivity index (χ3v) is 10.2. The maximum Gasteiger partial charge on any atom is 0.338 e. The number of halogens is 3. The molecule has 9 heteroatoms. The van der Waals surface area contributed by atoms with Crippen LogP contribution < -0.4 is 4.90 Å². The van der Waals surface area contributed by atoms with Crippen molar-refractivity contribution in [1.82, 2.24) is 0 Å². The van der Waals surface area contributed by atoms with Crippen molar-refractivity contribution in [3.05, 3.63) is 135 Å². The molecule has 0 spiro atoms. The van der Waals surface area contributed by atoms with Gasteiger partial charge in [0.1, 0.15) is 9.75 Å². The molecule has 0 saturated carbocycles. The van der Waals surface area contributed by atoms with Crippen LogP contribution in [0.25, 0.3) is 0 Å². The number of hydrogen-bond donors (Lipinski definition) is 0. The summed E-state index contributed by atoms with van der Waals surface area (Å²) in [5, 5.41) is 0.477. The lowest BCUT2D eigenvalue weighted by molar-refractivity contribution is -0.122. The molecule has 4 aromatic carbocycles. The van der Waals surface area contributed by atoms with Gasteiger partial charge in [-0.1, -0.05) is 66.2 Å². The molecule has 214 valence electrons. The summed E-state index contributed by atoms with van der Waals surface area (Å²) in [6.45, 7) is 1.47. The molecule has 2 amide bonds. The molecule has 1 heterocycles. The minimum absolute atomic E-state index is 0.0689. The van der Waals surface area contributed by atoms with E-state index in [9.17, 15) is 19.2 Å². The smallest absolute Gasteiger partial charge is 0.338 e. The highest BCUT2D eigenvalue weighted by atomic mass is 35.5. The molecule has 0 radical (unpaired) electrons. The summed E-state index contributed by atoms with van der Waals surface area (Å²) in [5.41, 5.74) is 3.40. The molecule has 2 bridgehead atoms. The molecule has 0 N–H and O–H groups in total. The Labute approximate surface area is 262 Å². The molecule has 4 aromatic rings. The monoisotopic (exact) mass is 629 g/mol. The number of rotatable bonds is 5. The van der Waals surface area contributed by atoms with E-state index in [0.717, 1.165) is 4.90 Å². The van der Waals surface area contributed by atoms with Crippen LogP contribution in [0.4, 0.5) is 5.69 Å². The van der Waals surface area contributed by atoms with Crippen LogP contribution in [-0.2, 0) is 24.1 Å². The summed E-state index contributed by atoms with van der Waals surface area (Å²) in [6, 6.07) is 27.1. The number of ether oxygens (including phenoxy) is 1. The quantitative estimate of drug-likeness (QED) is 0.104. The molecule has 1 fully saturated rings. The lowest BCUT2D eigenvalue weighted by atomic mass is 9.54. The molecule has 6 nitrogen and oxygen atoms in total. The number of hydrogen-bond acceptors (Lipinski definition) is 5. The number of alkyl halides is 2. The number of nitrogens with zero attached hydrogens (tertiary/aromatic N) is 1. The zero-order valence-electron chi connectivity index (χ0n) is 22.6. The van der Waals surface area contributed by atoms with Crippen molar-refractivity contribution >= 4 is 64.1 Å². The predicted octanol–water partition coefficient (Wildman–Crippen LogP) is 6.87. The molecular formula is C34H22Cl3NO5. The lowest BCUT2D eigenvalue weighted by Crippen LogP contribution is -2.57. The second kappa shape index (κ2) is 9.78. The van der Waals surface area contributed by atoms with Crippen molar-refractivity contribution in [3.8, 4) is 0 Å². The Morgan fingerprint density at radius 3 is 1.70 bits per heavy atom. The zero-order chi connectivity index (χ0) is 30.3. The number of carbonyl (C=O) groups excluding carboxylic acids is 4. The number of amides is 2. The normalized spacial score (nSPS) is 25.5. The van der Waals surface area contributed by atoms with Crippen molar-refractivity contribution in [2.45, 2.75) is 22.8 Å². The number of carbonyl (C=O) groups is 4. The molecule has 0 unspecified atom stereocenters. The van der Waals surface area contributed by atoms with Gasteiger partial charge < -0.3 is 4.74 Å². The third kappa shape index (κ3) is 3.80. The second-order valence-corrected chi connectivity index (χ2v) is 12.6. The van der Waals surface area contributed by atoms with E-state index in [1.165, 1.54) is 19.1 Å². The summed E-state index contributed by atoms with van der Waals surface area (Å²) in [4.78, 5) is 52.8. The second-order valence-electron chi connectivity index (χ2n) is 11.0. The van der Waals surface area contributed by atoms with Gasteiger partial charge >= 0.3 is 5.97 Å². The van der Waals surface area contributed by atoms with Crippen LogP contribution in [0.2, 0.25) is 5.02 Å². The van der Waals surface area contributed by atoms with E-state index in [4.69, 9.17) is 39.5 Å². The molecular weight excluding hydrogens is 609 g/mol. The fourth-order valence-electron chi connectivity index (χ4n) is 6.82. The van der Waals surface area contributed by atoms with Crippen LogP contribution in [0.3, 0.4) is 0 Å². The number of Topliss-reactive ketones (excluding diaryl/α,β-unsaturated/α-hetero) is 1. The first kappa shape index (κ1) is 27.8. The van der Waals surface area contributed by atoms with Crippen LogP contribution in [0.15, 0.2) is 97.1 Å². The zero-order valence-corrected chi connectivity index (χ0v) is 24.9. The predicted molar refractivity (Wildman–Crippen MR) is 163 cm³/mol. The molecule has 3 atom stereocenters. The summed E-state index contributed by atoms with van der Waals surface area (Å²) in [6.07, 6.45) is -1.09. The van der Waals surface area contributed by atoms with Gasteiger partial charge in [0, 0.05) is 10.6 Å². The van der Waals surface area contributed by atoms with Crippen LogP contribution in [0, 0.1) is 11.8 Å². The van der Waals surface area contributed by atoms with Gasteiger partial charge in [0.25, 0.3) is 0 Å². The van der Waals surface area contributed by atoms with E-state index >= 15 is 0 Å². The van der Waals surface area contributed by atoms with Crippen molar-refractivity contribution < 1.29 is 23.9 Å². The number of benzene rings is 4. The third-order valence-electron chi connectivity index (χ3n) is 8.71. The van der Waals surface area contributed by atoms with Crippen LogP contribution in [0.5, 0.6) is 0 Å². The van der Waals surface area contributed by atoms with E-state index < -0.39 is 51.3 Å². The molecule has 3 aliphatic carbocycles. The van der Waals surface area contributed by atoms with E-state index in [1.807, 2.05) is 48.5 Å². The highest BCUT2D eigenvalue weighted by Crippen LogP contribution is 2.69. The van der Waals surface area contributed by atoms with E-state index in [2.05, 4.69) is 0 Å². The Hall–Kier alpha value is -3.97. The van der Waals surface area contributed by atoms with Crippen LogP contribution in [0.1, 0.15) is 49.9 Å². The van der Waals surface area contributed by atoms with Gasteiger partial charge in [-0.2, -0.15) is 0 Å². The van der Waals surface area contributed by atoms with Crippen LogP contribution >= 0.6 is 34.8 Å². The fraction of sp³-hybridized carbons (Fsp3) is 0.176. The Balaban J connectivity index is 1.23. The minimum Gasteiger partial charge on any atom is -0.451 e.